The fourth-order valence-electron chi connectivity index (χ4n) is 2.13. The zero-order valence-electron chi connectivity index (χ0n) is 13.9. The first kappa shape index (κ1) is 16.7. The number of aromatic nitrogens is 4. The third-order valence-electron chi connectivity index (χ3n) is 3.35. The second-order valence-electron chi connectivity index (χ2n) is 5.81. The maximum absolute atomic E-state index is 12.9. The standard InChI is InChI=1S/C17H16FN5O2/c1-9(2)17-22-15(23-25-17)11-6-10(3)20-13(7-11)16(24)21-14-5-4-12(18)8-19-14/h4-9H,1-3H3,(H,19,21,24). The van der Waals surface area contributed by atoms with Crippen LogP contribution in [0.5, 0.6) is 0 Å². The van der Waals surface area contributed by atoms with E-state index in [4.69, 9.17) is 4.52 Å². The van der Waals surface area contributed by atoms with Gasteiger partial charge in [0.25, 0.3) is 5.91 Å². The molecule has 0 saturated carbocycles. The minimum Gasteiger partial charge on any atom is -0.339 e. The molecule has 7 nitrogen and oxygen atoms in total. The zero-order chi connectivity index (χ0) is 18.0. The third-order valence-corrected chi connectivity index (χ3v) is 3.35. The Labute approximate surface area is 143 Å². The summed E-state index contributed by atoms with van der Waals surface area (Å²) in [6.07, 6.45) is 1.03. The van der Waals surface area contributed by atoms with Crippen molar-refractivity contribution in [3.05, 3.63) is 53.6 Å². The summed E-state index contributed by atoms with van der Waals surface area (Å²) < 4.78 is 18.1. The van der Waals surface area contributed by atoms with E-state index in [2.05, 4.69) is 25.4 Å². The van der Waals surface area contributed by atoms with Crippen molar-refractivity contribution in [2.24, 2.45) is 0 Å². The number of aryl methyl sites for hydroxylation is 1. The second-order valence-corrected chi connectivity index (χ2v) is 5.81. The van der Waals surface area contributed by atoms with Gasteiger partial charge in [-0.1, -0.05) is 19.0 Å². The molecule has 0 aliphatic rings. The van der Waals surface area contributed by atoms with Crippen LogP contribution in [-0.4, -0.2) is 26.0 Å². The van der Waals surface area contributed by atoms with Crippen molar-refractivity contribution in [2.75, 3.05) is 5.32 Å². The molecule has 3 aromatic rings. The van der Waals surface area contributed by atoms with Crippen molar-refractivity contribution in [3.8, 4) is 11.4 Å². The Morgan fingerprint density at radius 1 is 1.24 bits per heavy atom. The van der Waals surface area contributed by atoms with Crippen molar-refractivity contribution in [2.45, 2.75) is 26.7 Å². The molecular formula is C17H16FN5O2. The van der Waals surface area contributed by atoms with Crippen LogP contribution < -0.4 is 5.32 Å². The smallest absolute Gasteiger partial charge is 0.275 e. The fraction of sp³-hybridized carbons (Fsp3) is 0.235. The van der Waals surface area contributed by atoms with Gasteiger partial charge < -0.3 is 9.84 Å². The SMILES string of the molecule is Cc1cc(-c2noc(C(C)C)n2)cc(C(=O)Nc2ccc(F)cn2)n1. The lowest BCUT2D eigenvalue weighted by molar-refractivity contribution is 0.102. The van der Waals surface area contributed by atoms with Gasteiger partial charge >= 0.3 is 0 Å². The Bertz CT molecular complexity index is 906. The molecule has 1 amide bonds. The quantitative estimate of drug-likeness (QED) is 0.782. The number of anilines is 1. The minimum atomic E-state index is -0.480. The van der Waals surface area contributed by atoms with E-state index in [1.54, 1.807) is 19.1 Å². The van der Waals surface area contributed by atoms with Crippen LogP contribution in [0.25, 0.3) is 11.4 Å². The molecule has 25 heavy (non-hydrogen) atoms. The Balaban J connectivity index is 1.87. The number of hydrogen-bond donors (Lipinski definition) is 1. The number of amides is 1. The van der Waals surface area contributed by atoms with Gasteiger partial charge in [0.05, 0.1) is 6.20 Å². The number of nitrogens with one attached hydrogen (secondary N) is 1. The van der Waals surface area contributed by atoms with Crippen LogP contribution in [0.2, 0.25) is 0 Å². The van der Waals surface area contributed by atoms with Gasteiger partial charge in [0.1, 0.15) is 17.3 Å². The van der Waals surface area contributed by atoms with Gasteiger partial charge in [-0.3, -0.25) is 4.79 Å². The minimum absolute atomic E-state index is 0.108. The molecule has 0 saturated heterocycles. The number of pyridine rings is 2. The van der Waals surface area contributed by atoms with Crippen molar-refractivity contribution in [1.29, 1.82) is 0 Å². The second kappa shape index (κ2) is 6.76. The Morgan fingerprint density at radius 2 is 2.04 bits per heavy atom. The van der Waals surface area contributed by atoms with E-state index in [-0.39, 0.29) is 17.4 Å². The normalized spacial score (nSPS) is 10.9. The summed E-state index contributed by atoms with van der Waals surface area (Å²) in [7, 11) is 0. The number of hydrogen-bond acceptors (Lipinski definition) is 6. The molecule has 128 valence electrons. The summed E-state index contributed by atoms with van der Waals surface area (Å²) in [5, 5.41) is 6.51. The van der Waals surface area contributed by atoms with Crippen LogP contribution in [0, 0.1) is 12.7 Å². The highest BCUT2D eigenvalue weighted by Crippen LogP contribution is 2.21. The highest BCUT2D eigenvalue weighted by molar-refractivity contribution is 6.02. The maximum Gasteiger partial charge on any atom is 0.275 e. The summed E-state index contributed by atoms with van der Waals surface area (Å²) in [4.78, 5) is 24.7. The molecule has 0 aromatic carbocycles. The Morgan fingerprint density at radius 3 is 2.68 bits per heavy atom. The van der Waals surface area contributed by atoms with Gasteiger partial charge in [-0.15, -0.1) is 0 Å². The van der Waals surface area contributed by atoms with Crippen LogP contribution in [0.15, 0.2) is 35.0 Å². The van der Waals surface area contributed by atoms with E-state index in [1.807, 2.05) is 13.8 Å². The summed E-state index contributed by atoms with van der Waals surface area (Å²) >= 11 is 0. The lowest BCUT2D eigenvalue weighted by Crippen LogP contribution is -2.15. The molecule has 0 unspecified atom stereocenters. The van der Waals surface area contributed by atoms with Gasteiger partial charge in [0, 0.05) is 17.2 Å². The number of carbonyl (C=O) groups is 1. The van der Waals surface area contributed by atoms with E-state index in [9.17, 15) is 9.18 Å². The first-order chi connectivity index (χ1) is 11.9. The summed E-state index contributed by atoms with van der Waals surface area (Å²) in [6.45, 7) is 5.66. The third kappa shape index (κ3) is 3.85. The molecule has 3 heterocycles. The van der Waals surface area contributed by atoms with Crippen LogP contribution in [-0.2, 0) is 0 Å². The molecule has 3 aromatic heterocycles. The van der Waals surface area contributed by atoms with E-state index < -0.39 is 11.7 Å². The van der Waals surface area contributed by atoms with Crippen LogP contribution in [0.3, 0.4) is 0 Å². The van der Waals surface area contributed by atoms with Crippen LogP contribution >= 0.6 is 0 Å². The maximum atomic E-state index is 12.9. The predicted molar refractivity (Wildman–Crippen MR) is 88.5 cm³/mol. The van der Waals surface area contributed by atoms with Crippen molar-refractivity contribution in [3.63, 3.8) is 0 Å². The molecule has 0 fully saturated rings. The fourth-order valence-corrected chi connectivity index (χ4v) is 2.13. The summed E-state index contributed by atoms with van der Waals surface area (Å²) in [5.74, 6) is 0.312. The molecule has 0 aliphatic carbocycles. The molecule has 3 rings (SSSR count). The van der Waals surface area contributed by atoms with E-state index in [0.717, 1.165) is 6.20 Å². The van der Waals surface area contributed by atoms with Gasteiger partial charge in [-0.2, -0.15) is 4.98 Å². The highest BCUT2D eigenvalue weighted by atomic mass is 19.1. The largest absolute Gasteiger partial charge is 0.339 e. The molecule has 1 N–H and O–H groups in total. The molecule has 0 atom stereocenters. The van der Waals surface area contributed by atoms with E-state index in [1.165, 1.54) is 12.1 Å². The topological polar surface area (TPSA) is 93.8 Å². The monoisotopic (exact) mass is 341 g/mol. The van der Waals surface area contributed by atoms with Gasteiger partial charge in [0.2, 0.25) is 11.7 Å². The summed E-state index contributed by atoms with van der Waals surface area (Å²) in [6, 6.07) is 5.92. The molecule has 0 aliphatic heterocycles. The van der Waals surface area contributed by atoms with Crippen LogP contribution in [0.1, 0.15) is 41.8 Å². The van der Waals surface area contributed by atoms with Crippen LogP contribution in [0.4, 0.5) is 10.2 Å². The number of rotatable bonds is 4. The zero-order valence-corrected chi connectivity index (χ0v) is 13.9. The number of carbonyl (C=O) groups excluding carboxylic acids is 1. The van der Waals surface area contributed by atoms with E-state index in [0.29, 0.717) is 23.0 Å². The van der Waals surface area contributed by atoms with Gasteiger partial charge in [-0.25, -0.2) is 14.4 Å². The van der Waals surface area contributed by atoms with Crippen molar-refractivity contribution < 1.29 is 13.7 Å². The van der Waals surface area contributed by atoms with Crippen molar-refractivity contribution in [1.82, 2.24) is 20.1 Å². The molecule has 0 radical (unpaired) electrons. The van der Waals surface area contributed by atoms with Gasteiger partial charge in [-0.05, 0) is 31.2 Å². The summed E-state index contributed by atoms with van der Waals surface area (Å²) in [5.41, 5.74) is 1.43. The van der Waals surface area contributed by atoms with E-state index >= 15 is 0 Å². The molecule has 0 bridgehead atoms. The molecule has 8 heteroatoms. The molecular weight excluding hydrogens is 325 g/mol. The average Bonchev–Trinajstić information content (AvgIpc) is 3.07. The lowest BCUT2D eigenvalue weighted by Gasteiger charge is -2.06. The van der Waals surface area contributed by atoms with Crippen molar-refractivity contribution >= 4 is 11.7 Å². The number of halogens is 1. The van der Waals surface area contributed by atoms with Gasteiger partial charge in [0.15, 0.2) is 0 Å². The first-order valence-electron chi connectivity index (χ1n) is 7.68. The number of nitrogens with zero attached hydrogens (tertiary/aromatic N) is 4. The molecule has 0 spiro atoms. The Kier molecular flexibility index (Phi) is 4.51. The predicted octanol–water partition coefficient (Wildman–Crippen LogP) is 3.35. The highest BCUT2D eigenvalue weighted by Gasteiger charge is 2.16. The Hall–Kier alpha value is -3.16. The lowest BCUT2D eigenvalue weighted by atomic mass is 10.1. The first-order valence-corrected chi connectivity index (χ1v) is 7.68. The average molecular weight is 341 g/mol.